The fraction of sp³-hybridized carbons (Fsp3) is 0.129. The number of hydrogen-bond acceptors (Lipinski definition) is 6. The lowest BCUT2D eigenvalue weighted by molar-refractivity contribution is -0.145. The van der Waals surface area contributed by atoms with Gasteiger partial charge in [0.15, 0.2) is 12.4 Å². The number of carbonyl (C=O) groups excluding carboxylic acids is 1. The SMILES string of the molecule is CCOC(=O)COc1cc(-c2ccccc2)nc(-c2ccc3cc(OCc4ccccc4F)ccc3c2)n1. The fourth-order valence-corrected chi connectivity index (χ4v) is 3.95. The normalized spacial score (nSPS) is 10.8. The van der Waals surface area contributed by atoms with Gasteiger partial charge in [0.2, 0.25) is 5.88 Å². The van der Waals surface area contributed by atoms with Crippen molar-refractivity contribution >= 4 is 16.7 Å². The summed E-state index contributed by atoms with van der Waals surface area (Å²) >= 11 is 0. The van der Waals surface area contributed by atoms with Crippen LogP contribution in [0.4, 0.5) is 4.39 Å². The maximum Gasteiger partial charge on any atom is 0.344 e. The van der Waals surface area contributed by atoms with Crippen LogP contribution in [0.1, 0.15) is 12.5 Å². The van der Waals surface area contributed by atoms with E-state index in [1.54, 1.807) is 31.2 Å². The van der Waals surface area contributed by atoms with Crippen LogP contribution in [0, 0.1) is 5.82 Å². The van der Waals surface area contributed by atoms with Crippen LogP contribution in [-0.4, -0.2) is 29.2 Å². The molecule has 5 rings (SSSR count). The topological polar surface area (TPSA) is 70.5 Å². The summed E-state index contributed by atoms with van der Waals surface area (Å²) in [5.74, 6) is 0.630. The Balaban J connectivity index is 1.42. The molecule has 0 spiro atoms. The first-order valence-electron chi connectivity index (χ1n) is 12.2. The first-order valence-corrected chi connectivity index (χ1v) is 12.2. The molecule has 1 aromatic heterocycles. The predicted octanol–water partition coefficient (Wildman–Crippen LogP) is 6.62. The quantitative estimate of drug-likeness (QED) is 0.208. The molecule has 0 aliphatic carbocycles. The summed E-state index contributed by atoms with van der Waals surface area (Å²) in [6.07, 6.45) is 0. The van der Waals surface area contributed by atoms with Crippen LogP contribution in [0.15, 0.2) is 97.1 Å². The van der Waals surface area contributed by atoms with Gasteiger partial charge in [0.1, 0.15) is 18.2 Å². The number of aromatic nitrogens is 2. The number of hydrogen-bond donors (Lipinski definition) is 0. The van der Waals surface area contributed by atoms with E-state index in [2.05, 4.69) is 4.98 Å². The Labute approximate surface area is 219 Å². The van der Waals surface area contributed by atoms with Gasteiger partial charge in [0.25, 0.3) is 0 Å². The molecule has 0 fully saturated rings. The summed E-state index contributed by atoms with van der Waals surface area (Å²) in [6, 6.07) is 29.5. The summed E-state index contributed by atoms with van der Waals surface area (Å²) in [5, 5.41) is 1.92. The second-order valence-electron chi connectivity index (χ2n) is 8.48. The lowest BCUT2D eigenvalue weighted by atomic mass is 10.1. The average Bonchev–Trinajstić information content (AvgIpc) is 2.96. The largest absolute Gasteiger partial charge is 0.489 e. The second-order valence-corrected chi connectivity index (χ2v) is 8.48. The number of esters is 1. The van der Waals surface area contributed by atoms with E-state index in [9.17, 15) is 9.18 Å². The van der Waals surface area contributed by atoms with Crippen molar-refractivity contribution in [2.75, 3.05) is 13.2 Å². The summed E-state index contributed by atoms with van der Waals surface area (Å²) < 4.78 is 30.3. The number of benzene rings is 4. The highest BCUT2D eigenvalue weighted by Gasteiger charge is 2.12. The fourth-order valence-electron chi connectivity index (χ4n) is 3.95. The van der Waals surface area contributed by atoms with Crippen LogP contribution in [0.2, 0.25) is 0 Å². The highest BCUT2D eigenvalue weighted by molar-refractivity contribution is 5.87. The molecule has 7 heteroatoms. The highest BCUT2D eigenvalue weighted by atomic mass is 19.1. The minimum absolute atomic E-state index is 0.144. The van der Waals surface area contributed by atoms with Crippen molar-refractivity contribution in [2.45, 2.75) is 13.5 Å². The van der Waals surface area contributed by atoms with Gasteiger partial charge in [-0.15, -0.1) is 0 Å². The molecule has 0 saturated carbocycles. The molecule has 0 amide bonds. The van der Waals surface area contributed by atoms with Crippen LogP contribution >= 0.6 is 0 Å². The van der Waals surface area contributed by atoms with Gasteiger partial charge < -0.3 is 14.2 Å². The molecule has 0 radical (unpaired) electrons. The van der Waals surface area contributed by atoms with E-state index in [1.165, 1.54) is 6.07 Å². The smallest absolute Gasteiger partial charge is 0.344 e. The van der Waals surface area contributed by atoms with Crippen LogP contribution in [-0.2, 0) is 16.1 Å². The number of halogens is 1. The summed E-state index contributed by atoms with van der Waals surface area (Å²) in [7, 11) is 0. The lowest BCUT2D eigenvalue weighted by Crippen LogP contribution is -2.15. The Hall–Kier alpha value is -4.78. The molecule has 0 N–H and O–H groups in total. The van der Waals surface area contributed by atoms with E-state index in [-0.39, 0.29) is 31.5 Å². The number of rotatable bonds is 9. The van der Waals surface area contributed by atoms with Gasteiger partial charge in [-0.2, -0.15) is 4.98 Å². The predicted molar refractivity (Wildman–Crippen MR) is 143 cm³/mol. The zero-order valence-corrected chi connectivity index (χ0v) is 20.8. The van der Waals surface area contributed by atoms with Crippen molar-refractivity contribution in [3.8, 4) is 34.3 Å². The van der Waals surface area contributed by atoms with Crippen molar-refractivity contribution in [1.82, 2.24) is 9.97 Å². The van der Waals surface area contributed by atoms with E-state index < -0.39 is 5.97 Å². The number of carbonyl (C=O) groups is 1. The average molecular weight is 509 g/mol. The van der Waals surface area contributed by atoms with Crippen LogP contribution in [0.5, 0.6) is 11.6 Å². The number of fused-ring (bicyclic) bond motifs is 1. The molecular weight excluding hydrogens is 483 g/mol. The van der Waals surface area contributed by atoms with Crippen molar-refractivity contribution in [3.63, 3.8) is 0 Å². The van der Waals surface area contributed by atoms with Crippen LogP contribution in [0.25, 0.3) is 33.4 Å². The van der Waals surface area contributed by atoms with E-state index in [0.717, 1.165) is 21.9 Å². The molecule has 4 aromatic carbocycles. The van der Waals surface area contributed by atoms with E-state index in [4.69, 9.17) is 19.2 Å². The zero-order valence-electron chi connectivity index (χ0n) is 20.8. The van der Waals surface area contributed by atoms with Crippen molar-refractivity contribution in [3.05, 3.63) is 108 Å². The molecule has 0 aliphatic rings. The van der Waals surface area contributed by atoms with Gasteiger partial charge in [0, 0.05) is 22.8 Å². The second kappa shape index (κ2) is 11.5. The monoisotopic (exact) mass is 508 g/mol. The first kappa shape index (κ1) is 24.9. The van der Waals surface area contributed by atoms with Gasteiger partial charge >= 0.3 is 5.97 Å². The lowest BCUT2D eigenvalue weighted by Gasteiger charge is -2.11. The van der Waals surface area contributed by atoms with E-state index >= 15 is 0 Å². The molecule has 0 bridgehead atoms. The van der Waals surface area contributed by atoms with Gasteiger partial charge in [0.05, 0.1) is 12.3 Å². The zero-order chi connectivity index (χ0) is 26.3. The number of nitrogens with zero attached hydrogens (tertiary/aromatic N) is 2. The van der Waals surface area contributed by atoms with Crippen molar-refractivity contribution < 1.29 is 23.4 Å². The van der Waals surface area contributed by atoms with Crippen LogP contribution in [0.3, 0.4) is 0 Å². The first-order chi connectivity index (χ1) is 18.6. The number of ether oxygens (including phenoxy) is 3. The molecule has 6 nitrogen and oxygen atoms in total. The third kappa shape index (κ3) is 5.95. The van der Waals surface area contributed by atoms with Crippen molar-refractivity contribution in [1.29, 1.82) is 0 Å². The minimum atomic E-state index is -0.465. The van der Waals surface area contributed by atoms with Crippen LogP contribution < -0.4 is 9.47 Å². The summed E-state index contributed by atoms with van der Waals surface area (Å²) in [4.78, 5) is 21.1. The third-order valence-corrected chi connectivity index (χ3v) is 5.84. The Kier molecular flexibility index (Phi) is 7.54. The van der Waals surface area contributed by atoms with Gasteiger partial charge in [-0.25, -0.2) is 14.2 Å². The molecular formula is C31H25FN2O4. The summed E-state index contributed by atoms with van der Waals surface area (Å²) in [5.41, 5.74) is 2.86. The highest BCUT2D eigenvalue weighted by Crippen LogP contribution is 2.29. The van der Waals surface area contributed by atoms with Gasteiger partial charge in [-0.3, -0.25) is 0 Å². The van der Waals surface area contributed by atoms with Gasteiger partial charge in [-0.05, 0) is 42.0 Å². The van der Waals surface area contributed by atoms with E-state index in [0.29, 0.717) is 22.8 Å². The molecule has 0 unspecified atom stereocenters. The standard InChI is InChI=1S/C31H25FN2O4/c1-2-36-30(35)20-38-29-18-28(21-8-4-3-5-9-21)33-31(34-29)24-13-12-23-17-26(15-14-22(23)16-24)37-19-25-10-6-7-11-27(25)32/h3-18H,2,19-20H2,1H3. The Morgan fingerprint density at radius 3 is 2.37 bits per heavy atom. The Bertz CT molecular complexity index is 1570. The Morgan fingerprint density at radius 2 is 1.55 bits per heavy atom. The molecule has 1 heterocycles. The molecule has 0 atom stereocenters. The van der Waals surface area contributed by atoms with Gasteiger partial charge in [-0.1, -0.05) is 66.7 Å². The minimum Gasteiger partial charge on any atom is -0.489 e. The van der Waals surface area contributed by atoms with E-state index in [1.807, 2.05) is 66.7 Å². The molecule has 5 aromatic rings. The molecule has 190 valence electrons. The summed E-state index contributed by atoms with van der Waals surface area (Å²) in [6.45, 7) is 1.92. The van der Waals surface area contributed by atoms with Crippen molar-refractivity contribution in [2.24, 2.45) is 0 Å². The third-order valence-electron chi connectivity index (χ3n) is 5.84. The molecule has 38 heavy (non-hydrogen) atoms. The maximum absolute atomic E-state index is 13.9. The Morgan fingerprint density at radius 1 is 0.789 bits per heavy atom. The molecule has 0 saturated heterocycles. The molecule has 0 aliphatic heterocycles. The maximum atomic E-state index is 13.9.